The molecule has 0 unspecified atom stereocenters. The lowest BCUT2D eigenvalue weighted by Gasteiger charge is -2.09. The summed E-state index contributed by atoms with van der Waals surface area (Å²) < 4.78 is 10.6. The fraction of sp³-hybridized carbons (Fsp3) is 0.158. The lowest BCUT2D eigenvalue weighted by Crippen LogP contribution is -2.28. The number of ether oxygens (including phenoxy) is 2. The van der Waals surface area contributed by atoms with Crippen molar-refractivity contribution in [1.29, 1.82) is 0 Å². The Bertz CT molecular complexity index is 834. The Labute approximate surface area is 150 Å². The van der Waals surface area contributed by atoms with Crippen LogP contribution in [0.15, 0.2) is 59.4 Å². The zero-order valence-electron chi connectivity index (χ0n) is 13.8. The highest BCUT2D eigenvalue weighted by atomic mass is 32.1. The molecule has 1 amide bonds. The van der Waals surface area contributed by atoms with E-state index in [0.29, 0.717) is 18.0 Å². The summed E-state index contributed by atoms with van der Waals surface area (Å²) in [7, 11) is 1.59. The normalized spacial score (nSPS) is 10.3. The maximum Gasteiger partial charge on any atom is 0.258 e. The second-order valence-corrected chi connectivity index (χ2v) is 6.09. The van der Waals surface area contributed by atoms with E-state index >= 15 is 0 Å². The minimum atomic E-state index is -0.184. The van der Waals surface area contributed by atoms with Gasteiger partial charge in [-0.25, -0.2) is 0 Å². The summed E-state index contributed by atoms with van der Waals surface area (Å²) in [5.74, 6) is 1.10. The van der Waals surface area contributed by atoms with E-state index in [9.17, 15) is 4.79 Å². The van der Waals surface area contributed by atoms with E-state index in [1.807, 2.05) is 41.1 Å². The lowest BCUT2D eigenvalue weighted by atomic mass is 10.1. The molecule has 0 atom stereocenters. The number of pyridine rings is 1. The summed E-state index contributed by atoms with van der Waals surface area (Å²) in [6.07, 6.45) is 1.75. The highest BCUT2D eigenvalue weighted by Gasteiger charge is 2.05. The SMILES string of the molecule is COc1cccc(OCC(=O)NCc2ccnc(-c3ccsc3)c2)c1. The fourth-order valence-electron chi connectivity index (χ4n) is 2.24. The zero-order chi connectivity index (χ0) is 17.5. The van der Waals surface area contributed by atoms with Gasteiger partial charge in [0.05, 0.1) is 12.8 Å². The molecule has 3 rings (SSSR count). The molecule has 0 radical (unpaired) electrons. The van der Waals surface area contributed by atoms with Crippen LogP contribution in [-0.4, -0.2) is 24.6 Å². The summed E-state index contributed by atoms with van der Waals surface area (Å²) in [6.45, 7) is 0.385. The molecular weight excluding hydrogens is 336 g/mol. The van der Waals surface area contributed by atoms with Crippen molar-refractivity contribution in [2.45, 2.75) is 6.54 Å². The summed E-state index contributed by atoms with van der Waals surface area (Å²) >= 11 is 1.63. The van der Waals surface area contributed by atoms with Gasteiger partial charge in [-0.3, -0.25) is 9.78 Å². The number of thiophene rings is 1. The fourth-order valence-corrected chi connectivity index (χ4v) is 2.89. The number of methoxy groups -OCH3 is 1. The first-order valence-corrected chi connectivity index (χ1v) is 8.70. The van der Waals surface area contributed by atoms with E-state index in [2.05, 4.69) is 10.3 Å². The van der Waals surface area contributed by atoms with Crippen LogP contribution in [0, 0.1) is 0 Å². The molecule has 128 valence electrons. The Morgan fingerprint density at radius 3 is 2.88 bits per heavy atom. The number of rotatable bonds is 7. The molecule has 1 N–H and O–H groups in total. The van der Waals surface area contributed by atoms with Gasteiger partial charge in [0, 0.05) is 29.8 Å². The van der Waals surface area contributed by atoms with Crippen LogP contribution in [0.2, 0.25) is 0 Å². The van der Waals surface area contributed by atoms with Gasteiger partial charge in [-0.2, -0.15) is 11.3 Å². The molecule has 0 aliphatic heterocycles. The number of nitrogens with zero attached hydrogens (tertiary/aromatic N) is 1. The van der Waals surface area contributed by atoms with E-state index in [-0.39, 0.29) is 12.5 Å². The minimum absolute atomic E-state index is 0.0460. The molecule has 0 spiro atoms. The first-order valence-electron chi connectivity index (χ1n) is 7.75. The smallest absolute Gasteiger partial charge is 0.258 e. The Morgan fingerprint density at radius 1 is 1.20 bits per heavy atom. The van der Waals surface area contributed by atoms with Crippen molar-refractivity contribution in [1.82, 2.24) is 10.3 Å². The number of nitrogens with one attached hydrogen (secondary N) is 1. The van der Waals surface area contributed by atoms with Gasteiger partial charge in [0.1, 0.15) is 11.5 Å². The van der Waals surface area contributed by atoms with E-state index in [0.717, 1.165) is 16.8 Å². The van der Waals surface area contributed by atoms with Crippen LogP contribution in [0.3, 0.4) is 0 Å². The van der Waals surface area contributed by atoms with Crippen LogP contribution in [0.25, 0.3) is 11.3 Å². The van der Waals surface area contributed by atoms with Crippen LogP contribution in [0.4, 0.5) is 0 Å². The van der Waals surface area contributed by atoms with Crippen molar-refractivity contribution in [3.8, 4) is 22.8 Å². The topological polar surface area (TPSA) is 60.5 Å². The van der Waals surface area contributed by atoms with E-state index in [4.69, 9.17) is 9.47 Å². The predicted octanol–water partition coefficient (Wildman–Crippen LogP) is 3.51. The monoisotopic (exact) mass is 354 g/mol. The molecule has 0 bridgehead atoms. The molecule has 0 saturated heterocycles. The molecule has 6 heteroatoms. The molecule has 1 aromatic carbocycles. The maximum absolute atomic E-state index is 12.0. The predicted molar refractivity (Wildman–Crippen MR) is 97.9 cm³/mol. The van der Waals surface area contributed by atoms with Crippen molar-refractivity contribution in [3.63, 3.8) is 0 Å². The standard InChI is InChI=1S/C19H18N2O3S/c1-23-16-3-2-4-17(10-16)24-12-19(22)21-11-14-5-7-20-18(9-14)15-6-8-25-13-15/h2-10,13H,11-12H2,1H3,(H,21,22). The second-order valence-electron chi connectivity index (χ2n) is 5.31. The van der Waals surface area contributed by atoms with Gasteiger partial charge < -0.3 is 14.8 Å². The Hall–Kier alpha value is -2.86. The number of benzene rings is 1. The molecule has 0 saturated carbocycles. The van der Waals surface area contributed by atoms with Crippen LogP contribution in [0.5, 0.6) is 11.5 Å². The molecule has 25 heavy (non-hydrogen) atoms. The van der Waals surface area contributed by atoms with Gasteiger partial charge >= 0.3 is 0 Å². The maximum atomic E-state index is 12.0. The largest absolute Gasteiger partial charge is 0.497 e. The highest BCUT2D eigenvalue weighted by Crippen LogP contribution is 2.21. The van der Waals surface area contributed by atoms with Crippen LogP contribution in [-0.2, 0) is 11.3 Å². The molecule has 0 aliphatic rings. The van der Waals surface area contributed by atoms with E-state index in [1.165, 1.54) is 0 Å². The Balaban J connectivity index is 1.51. The quantitative estimate of drug-likeness (QED) is 0.705. The number of hydrogen-bond donors (Lipinski definition) is 1. The van der Waals surface area contributed by atoms with Crippen molar-refractivity contribution >= 4 is 17.2 Å². The van der Waals surface area contributed by atoms with Crippen molar-refractivity contribution in [2.75, 3.05) is 13.7 Å². The van der Waals surface area contributed by atoms with Crippen molar-refractivity contribution in [2.24, 2.45) is 0 Å². The average molecular weight is 354 g/mol. The lowest BCUT2D eigenvalue weighted by molar-refractivity contribution is -0.123. The van der Waals surface area contributed by atoms with Gasteiger partial charge in [-0.05, 0) is 41.3 Å². The number of carbonyl (C=O) groups excluding carboxylic acids is 1. The molecule has 0 fully saturated rings. The molecule has 2 heterocycles. The molecule has 5 nitrogen and oxygen atoms in total. The van der Waals surface area contributed by atoms with Gasteiger partial charge in [-0.1, -0.05) is 6.07 Å². The number of amides is 1. The van der Waals surface area contributed by atoms with Gasteiger partial charge in [0.2, 0.25) is 0 Å². The molecule has 0 aliphatic carbocycles. The summed E-state index contributed by atoms with van der Waals surface area (Å²) in [6, 6.07) is 13.0. The number of carbonyl (C=O) groups is 1. The average Bonchev–Trinajstić information content (AvgIpc) is 3.20. The van der Waals surface area contributed by atoms with Crippen molar-refractivity contribution in [3.05, 3.63) is 65.0 Å². The number of aromatic nitrogens is 1. The minimum Gasteiger partial charge on any atom is -0.497 e. The summed E-state index contributed by atoms with van der Waals surface area (Å²) in [5, 5.41) is 6.91. The first kappa shape index (κ1) is 17.0. The first-order chi connectivity index (χ1) is 12.2. The van der Waals surface area contributed by atoms with E-state index in [1.54, 1.807) is 36.8 Å². The van der Waals surface area contributed by atoms with Gasteiger partial charge in [0.15, 0.2) is 6.61 Å². The Kier molecular flexibility index (Phi) is 5.64. The number of hydrogen-bond acceptors (Lipinski definition) is 5. The van der Waals surface area contributed by atoms with Crippen LogP contribution >= 0.6 is 11.3 Å². The summed E-state index contributed by atoms with van der Waals surface area (Å²) in [5.41, 5.74) is 2.98. The summed E-state index contributed by atoms with van der Waals surface area (Å²) in [4.78, 5) is 16.3. The van der Waals surface area contributed by atoms with Crippen molar-refractivity contribution < 1.29 is 14.3 Å². The van der Waals surface area contributed by atoms with E-state index < -0.39 is 0 Å². The zero-order valence-corrected chi connectivity index (χ0v) is 14.6. The van der Waals surface area contributed by atoms with Gasteiger partial charge in [-0.15, -0.1) is 0 Å². The molecule has 2 aromatic heterocycles. The molecule has 3 aromatic rings. The third kappa shape index (κ3) is 4.81. The second kappa shape index (κ2) is 8.30. The third-order valence-corrected chi connectivity index (χ3v) is 4.23. The third-order valence-electron chi connectivity index (χ3n) is 3.54. The molecular formula is C19H18N2O3S. The van der Waals surface area contributed by atoms with Crippen LogP contribution in [0.1, 0.15) is 5.56 Å². The Morgan fingerprint density at radius 2 is 2.08 bits per heavy atom. The highest BCUT2D eigenvalue weighted by molar-refractivity contribution is 7.08. The van der Waals surface area contributed by atoms with Crippen LogP contribution < -0.4 is 14.8 Å². The van der Waals surface area contributed by atoms with Gasteiger partial charge in [0.25, 0.3) is 5.91 Å².